The lowest BCUT2D eigenvalue weighted by atomic mass is 10.1. The zero-order valence-electron chi connectivity index (χ0n) is 12.3. The average Bonchev–Trinajstić information content (AvgIpc) is 2.93. The lowest BCUT2D eigenvalue weighted by molar-refractivity contribution is 0.423. The number of aryl methyl sites for hydroxylation is 1. The minimum atomic E-state index is 0.0801. The Hall–Kier alpha value is -1.88. The first-order chi connectivity index (χ1) is 9.70. The van der Waals surface area contributed by atoms with Gasteiger partial charge in [0, 0.05) is 6.54 Å². The molecule has 1 unspecified atom stereocenters. The Balaban J connectivity index is 1.91. The monoisotopic (exact) mass is 274 g/mol. The molecule has 5 nitrogen and oxygen atoms in total. The molecule has 0 radical (unpaired) electrons. The Morgan fingerprint density at radius 2 is 2.05 bits per heavy atom. The fourth-order valence-corrected chi connectivity index (χ4v) is 1.91. The molecule has 2 N–H and O–H groups in total. The molecule has 1 heterocycles. The number of nitrogens with zero attached hydrogens (tertiary/aromatic N) is 2. The van der Waals surface area contributed by atoms with Crippen molar-refractivity contribution in [3.63, 3.8) is 0 Å². The van der Waals surface area contributed by atoms with E-state index in [1.54, 1.807) is 0 Å². The summed E-state index contributed by atoms with van der Waals surface area (Å²) < 4.78 is 5.61. The highest BCUT2D eigenvalue weighted by molar-refractivity contribution is 5.29. The van der Waals surface area contributed by atoms with Crippen LogP contribution in [-0.2, 0) is 6.54 Å². The minimum Gasteiger partial charge on any atom is -0.406 e. The van der Waals surface area contributed by atoms with Crippen LogP contribution in [0.15, 0.2) is 28.7 Å². The number of hydrogen-bond donors (Lipinski definition) is 2. The van der Waals surface area contributed by atoms with Crippen LogP contribution in [0.3, 0.4) is 0 Å². The Morgan fingerprint density at radius 1 is 1.25 bits per heavy atom. The molecule has 2 rings (SSSR count). The maximum absolute atomic E-state index is 5.61. The molecular weight excluding hydrogens is 252 g/mol. The van der Waals surface area contributed by atoms with E-state index in [1.807, 2.05) is 19.1 Å². The van der Waals surface area contributed by atoms with Crippen LogP contribution in [-0.4, -0.2) is 16.7 Å². The highest BCUT2D eigenvalue weighted by Crippen LogP contribution is 2.15. The molecule has 0 aliphatic heterocycles. The van der Waals surface area contributed by atoms with Crippen LogP contribution in [0.1, 0.15) is 43.3 Å². The number of hydrogen-bond acceptors (Lipinski definition) is 5. The van der Waals surface area contributed by atoms with Crippen LogP contribution in [0.2, 0.25) is 0 Å². The summed E-state index contributed by atoms with van der Waals surface area (Å²) in [6.45, 7) is 7.87. The van der Waals surface area contributed by atoms with Gasteiger partial charge in [0.15, 0.2) is 0 Å². The largest absolute Gasteiger partial charge is 0.406 e. The van der Waals surface area contributed by atoms with Crippen LogP contribution < -0.4 is 10.6 Å². The highest BCUT2D eigenvalue weighted by Gasteiger charge is 2.12. The summed E-state index contributed by atoms with van der Waals surface area (Å²) in [5, 5.41) is 14.6. The van der Waals surface area contributed by atoms with Gasteiger partial charge in [-0.15, -0.1) is 5.10 Å². The third-order valence-electron chi connectivity index (χ3n) is 3.20. The van der Waals surface area contributed by atoms with E-state index >= 15 is 0 Å². The van der Waals surface area contributed by atoms with Crippen molar-refractivity contribution in [3.8, 4) is 0 Å². The van der Waals surface area contributed by atoms with Gasteiger partial charge in [-0.05, 0) is 37.9 Å². The van der Waals surface area contributed by atoms with E-state index in [1.165, 1.54) is 11.1 Å². The van der Waals surface area contributed by atoms with Gasteiger partial charge in [0.05, 0.1) is 6.04 Å². The van der Waals surface area contributed by atoms with E-state index in [0.717, 1.165) is 13.0 Å². The Bertz CT molecular complexity index is 538. The molecule has 0 fully saturated rings. The number of benzene rings is 1. The molecule has 2 aromatic rings. The fourth-order valence-electron chi connectivity index (χ4n) is 1.91. The average molecular weight is 274 g/mol. The third kappa shape index (κ3) is 3.81. The lowest BCUT2D eigenvalue weighted by Crippen LogP contribution is -2.19. The predicted octanol–water partition coefficient (Wildman–Crippen LogP) is 3.05. The van der Waals surface area contributed by atoms with Gasteiger partial charge in [0.2, 0.25) is 5.89 Å². The maximum atomic E-state index is 5.61. The summed E-state index contributed by atoms with van der Waals surface area (Å²) in [6.07, 6.45) is 1.08. The molecule has 20 heavy (non-hydrogen) atoms. The zero-order chi connectivity index (χ0) is 14.4. The quantitative estimate of drug-likeness (QED) is 0.812. The second-order valence-electron chi connectivity index (χ2n) is 4.90. The molecule has 0 saturated carbocycles. The van der Waals surface area contributed by atoms with Gasteiger partial charge < -0.3 is 15.1 Å². The normalized spacial score (nSPS) is 12.3. The summed E-state index contributed by atoms with van der Waals surface area (Å²) >= 11 is 0. The van der Waals surface area contributed by atoms with E-state index in [2.05, 4.69) is 46.8 Å². The summed E-state index contributed by atoms with van der Waals surface area (Å²) in [4.78, 5) is 0. The van der Waals surface area contributed by atoms with E-state index in [9.17, 15) is 0 Å². The van der Waals surface area contributed by atoms with Gasteiger partial charge in [-0.2, -0.15) is 0 Å². The molecule has 0 aliphatic carbocycles. The van der Waals surface area contributed by atoms with Crippen molar-refractivity contribution in [3.05, 3.63) is 41.3 Å². The smallest absolute Gasteiger partial charge is 0.315 e. The number of anilines is 1. The first kappa shape index (κ1) is 14.5. The van der Waals surface area contributed by atoms with E-state index in [-0.39, 0.29) is 6.04 Å². The molecule has 0 spiro atoms. The van der Waals surface area contributed by atoms with Gasteiger partial charge in [0.25, 0.3) is 0 Å². The van der Waals surface area contributed by atoms with Crippen molar-refractivity contribution in [2.45, 2.75) is 39.8 Å². The van der Waals surface area contributed by atoms with Crippen molar-refractivity contribution in [1.29, 1.82) is 0 Å². The zero-order valence-corrected chi connectivity index (χ0v) is 12.3. The molecule has 1 aromatic heterocycles. The van der Waals surface area contributed by atoms with Crippen LogP contribution in [0.25, 0.3) is 0 Å². The Kier molecular flexibility index (Phi) is 5.12. The second-order valence-corrected chi connectivity index (χ2v) is 4.90. The lowest BCUT2D eigenvalue weighted by Gasteiger charge is -2.08. The molecule has 108 valence electrons. The second kappa shape index (κ2) is 7.05. The van der Waals surface area contributed by atoms with Gasteiger partial charge >= 0.3 is 6.01 Å². The van der Waals surface area contributed by atoms with E-state index < -0.39 is 0 Å². The van der Waals surface area contributed by atoms with E-state index in [4.69, 9.17) is 4.42 Å². The van der Waals surface area contributed by atoms with Crippen molar-refractivity contribution < 1.29 is 4.42 Å². The SMILES string of the molecule is CCCNC(C)c1nnc(NCc2ccccc2C)o1. The summed E-state index contributed by atoms with van der Waals surface area (Å²) in [7, 11) is 0. The maximum Gasteiger partial charge on any atom is 0.315 e. The molecule has 1 aromatic carbocycles. The fraction of sp³-hybridized carbons (Fsp3) is 0.467. The Labute approximate surface area is 119 Å². The number of rotatable bonds is 7. The van der Waals surface area contributed by atoms with Gasteiger partial charge in [-0.25, -0.2) is 0 Å². The molecule has 0 aliphatic rings. The molecular formula is C15H22N4O. The number of nitrogens with one attached hydrogen (secondary N) is 2. The molecule has 5 heteroatoms. The summed E-state index contributed by atoms with van der Waals surface area (Å²) in [6, 6.07) is 8.79. The van der Waals surface area contributed by atoms with Crippen molar-refractivity contribution in [2.75, 3.05) is 11.9 Å². The highest BCUT2D eigenvalue weighted by atomic mass is 16.4. The number of aromatic nitrogens is 2. The van der Waals surface area contributed by atoms with Crippen LogP contribution in [0, 0.1) is 6.92 Å². The van der Waals surface area contributed by atoms with Crippen molar-refractivity contribution >= 4 is 6.01 Å². The Morgan fingerprint density at radius 3 is 2.80 bits per heavy atom. The third-order valence-corrected chi connectivity index (χ3v) is 3.20. The van der Waals surface area contributed by atoms with Crippen LogP contribution in [0.4, 0.5) is 6.01 Å². The van der Waals surface area contributed by atoms with Crippen molar-refractivity contribution in [1.82, 2.24) is 15.5 Å². The van der Waals surface area contributed by atoms with Crippen molar-refractivity contribution in [2.24, 2.45) is 0 Å². The van der Waals surface area contributed by atoms with Gasteiger partial charge in [-0.3, -0.25) is 0 Å². The standard InChI is InChI=1S/C15H22N4O/c1-4-9-16-12(3)14-18-19-15(20-14)17-10-13-8-6-5-7-11(13)2/h5-8,12,16H,4,9-10H2,1-3H3,(H,17,19). The van der Waals surface area contributed by atoms with Gasteiger partial charge in [0.1, 0.15) is 0 Å². The first-order valence-electron chi connectivity index (χ1n) is 7.06. The molecule has 0 amide bonds. The van der Waals surface area contributed by atoms with Crippen LogP contribution in [0.5, 0.6) is 0 Å². The first-order valence-corrected chi connectivity index (χ1v) is 7.06. The summed E-state index contributed by atoms with van der Waals surface area (Å²) in [5.41, 5.74) is 2.47. The minimum absolute atomic E-state index is 0.0801. The van der Waals surface area contributed by atoms with Gasteiger partial charge in [-0.1, -0.05) is 36.3 Å². The molecule has 0 saturated heterocycles. The molecule has 0 bridgehead atoms. The van der Waals surface area contributed by atoms with E-state index in [0.29, 0.717) is 18.5 Å². The topological polar surface area (TPSA) is 63.0 Å². The summed E-state index contributed by atoms with van der Waals surface area (Å²) in [5.74, 6) is 0.616. The predicted molar refractivity (Wildman–Crippen MR) is 79.5 cm³/mol. The molecule has 1 atom stereocenters. The van der Waals surface area contributed by atoms with Crippen LogP contribution >= 0.6 is 0 Å².